The van der Waals surface area contributed by atoms with E-state index in [0.717, 1.165) is 49.5 Å². The zero-order valence-electron chi connectivity index (χ0n) is 17.4. The van der Waals surface area contributed by atoms with E-state index >= 15 is 0 Å². The molecule has 1 unspecified atom stereocenters. The van der Waals surface area contributed by atoms with Gasteiger partial charge in [-0.1, -0.05) is 12.1 Å². The molecule has 2 aliphatic rings. The van der Waals surface area contributed by atoms with E-state index in [1.807, 2.05) is 19.1 Å². The molecular formula is C23H26F3NO4. The Bertz CT molecular complexity index is 843. The van der Waals surface area contributed by atoms with Crippen molar-refractivity contribution in [3.05, 3.63) is 54.1 Å². The summed E-state index contributed by atoms with van der Waals surface area (Å²) < 4.78 is 57.6. The number of halogens is 3. The molecule has 0 radical (unpaired) electrons. The minimum atomic E-state index is -4.68. The molecule has 0 amide bonds. The first-order chi connectivity index (χ1) is 14.8. The second kappa shape index (κ2) is 8.96. The molecule has 0 aliphatic carbocycles. The average molecular weight is 437 g/mol. The van der Waals surface area contributed by atoms with Crippen LogP contribution in [-0.2, 0) is 16.1 Å². The molecule has 2 aromatic rings. The van der Waals surface area contributed by atoms with Crippen LogP contribution in [0.15, 0.2) is 48.5 Å². The van der Waals surface area contributed by atoms with Crippen LogP contribution in [0.1, 0.15) is 25.3 Å². The van der Waals surface area contributed by atoms with Crippen molar-refractivity contribution >= 4 is 5.69 Å². The maximum atomic E-state index is 12.2. The average Bonchev–Trinajstić information content (AvgIpc) is 3.49. The number of benzene rings is 2. The van der Waals surface area contributed by atoms with Gasteiger partial charge in [0.05, 0.1) is 19.3 Å². The number of nitrogens with zero attached hydrogens (tertiary/aromatic N) is 1. The molecule has 2 aromatic carbocycles. The van der Waals surface area contributed by atoms with E-state index in [-0.39, 0.29) is 17.5 Å². The lowest BCUT2D eigenvalue weighted by molar-refractivity contribution is -0.274. The maximum Gasteiger partial charge on any atom is 0.573 e. The lowest BCUT2D eigenvalue weighted by Crippen LogP contribution is -2.36. The van der Waals surface area contributed by atoms with E-state index in [0.29, 0.717) is 13.2 Å². The number of rotatable bonds is 8. The summed E-state index contributed by atoms with van der Waals surface area (Å²) in [6.45, 7) is 5.48. The van der Waals surface area contributed by atoms with Crippen LogP contribution in [0.3, 0.4) is 0 Å². The van der Waals surface area contributed by atoms with Crippen LogP contribution in [0.5, 0.6) is 11.5 Å². The first kappa shape index (κ1) is 21.8. The number of hydrogen-bond acceptors (Lipinski definition) is 5. The van der Waals surface area contributed by atoms with Crippen molar-refractivity contribution in [3.8, 4) is 11.5 Å². The monoisotopic (exact) mass is 437 g/mol. The normalized spacial score (nSPS) is 21.7. The minimum Gasteiger partial charge on any atom is -0.491 e. The Balaban J connectivity index is 1.19. The molecular weight excluding hydrogens is 411 g/mol. The molecule has 2 heterocycles. The summed E-state index contributed by atoms with van der Waals surface area (Å²) in [6.07, 6.45) is -2.76. The van der Waals surface area contributed by atoms with Gasteiger partial charge in [0, 0.05) is 18.8 Å². The lowest BCUT2D eigenvalue weighted by Gasteiger charge is -2.33. The number of epoxide rings is 1. The van der Waals surface area contributed by atoms with Crippen LogP contribution in [-0.4, -0.2) is 44.4 Å². The van der Waals surface area contributed by atoms with Gasteiger partial charge in [-0.25, -0.2) is 0 Å². The number of ether oxygens (including phenoxy) is 4. The quantitative estimate of drug-likeness (QED) is 0.548. The summed E-state index contributed by atoms with van der Waals surface area (Å²) in [4.78, 5) is 2.32. The molecule has 2 aliphatic heterocycles. The largest absolute Gasteiger partial charge is 0.573 e. The van der Waals surface area contributed by atoms with Crippen molar-refractivity contribution in [1.29, 1.82) is 0 Å². The second-order valence-electron chi connectivity index (χ2n) is 8.21. The third-order valence-electron chi connectivity index (χ3n) is 5.47. The Kier molecular flexibility index (Phi) is 6.29. The standard InChI is InChI=1S/C23H26F3NO4/c1-22(16-30-22)15-29-19-8-4-18(5-9-19)27-12-10-20(11-13-27)28-14-17-2-6-21(7-3-17)31-23(24,25)26/h2-9,20H,10-16H2,1H3. The minimum absolute atomic E-state index is 0.126. The third-order valence-corrected chi connectivity index (χ3v) is 5.47. The van der Waals surface area contributed by atoms with E-state index in [1.165, 1.54) is 12.1 Å². The van der Waals surface area contributed by atoms with Crippen molar-refractivity contribution in [1.82, 2.24) is 0 Å². The first-order valence-corrected chi connectivity index (χ1v) is 10.4. The molecule has 0 spiro atoms. The van der Waals surface area contributed by atoms with Gasteiger partial charge in [0.1, 0.15) is 23.7 Å². The number of alkyl halides is 3. The summed E-state index contributed by atoms with van der Waals surface area (Å²) in [6, 6.07) is 13.9. The van der Waals surface area contributed by atoms with Crippen LogP contribution in [0, 0.1) is 0 Å². The van der Waals surface area contributed by atoms with Gasteiger partial charge in [-0.2, -0.15) is 0 Å². The number of anilines is 1. The Morgan fingerprint density at radius 2 is 1.61 bits per heavy atom. The molecule has 2 saturated heterocycles. The molecule has 0 saturated carbocycles. The van der Waals surface area contributed by atoms with Crippen molar-refractivity contribution in [2.75, 3.05) is 31.2 Å². The maximum absolute atomic E-state index is 12.2. The summed E-state index contributed by atoms with van der Waals surface area (Å²) >= 11 is 0. The lowest BCUT2D eigenvalue weighted by atomic mass is 10.1. The van der Waals surface area contributed by atoms with Crippen LogP contribution < -0.4 is 14.4 Å². The second-order valence-corrected chi connectivity index (χ2v) is 8.21. The highest BCUT2D eigenvalue weighted by atomic mass is 19.4. The fourth-order valence-corrected chi connectivity index (χ4v) is 3.48. The predicted molar refractivity (Wildman–Crippen MR) is 109 cm³/mol. The summed E-state index contributed by atoms with van der Waals surface area (Å²) in [5, 5.41) is 0. The predicted octanol–water partition coefficient (Wildman–Crippen LogP) is 4.94. The molecule has 31 heavy (non-hydrogen) atoms. The van der Waals surface area contributed by atoms with E-state index in [1.54, 1.807) is 12.1 Å². The van der Waals surface area contributed by atoms with Gasteiger partial charge < -0.3 is 23.8 Å². The smallest absolute Gasteiger partial charge is 0.491 e. The van der Waals surface area contributed by atoms with Crippen LogP contribution in [0.2, 0.25) is 0 Å². The van der Waals surface area contributed by atoms with E-state index in [9.17, 15) is 13.2 Å². The highest BCUT2D eigenvalue weighted by molar-refractivity contribution is 5.49. The van der Waals surface area contributed by atoms with Gasteiger partial charge >= 0.3 is 6.36 Å². The Morgan fingerprint density at radius 3 is 2.19 bits per heavy atom. The van der Waals surface area contributed by atoms with Gasteiger partial charge in [-0.05, 0) is 61.7 Å². The van der Waals surface area contributed by atoms with E-state index in [4.69, 9.17) is 14.2 Å². The van der Waals surface area contributed by atoms with E-state index in [2.05, 4.69) is 21.8 Å². The topological polar surface area (TPSA) is 43.5 Å². The highest BCUT2D eigenvalue weighted by Crippen LogP contribution is 2.29. The SMILES string of the molecule is CC1(COc2ccc(N3CCC(OCc4ccc(OC(F)(F)F)cc4)CC3)cc2)CO1. The van der Waals surface area contributed by atoms with Crippen LogP contribution in [0.25, 0.3) is 0 Å². The van der Waals surface area contributed by atoms with Gasteiger partial charge in [0.15, 0.2) is 0 Å². The highest BCUT2D eigenvalue weighted by Gasteiger charge is 2.40. The molecule has 0 bridgehead atoms. The zero-order chi connectivity index (χ0) is 21.9. The van der Waals surface area contributed by atoms with Gasteiger partial charge in [-0.15, -0.1) is 13.2 Å². The summed E-state index contributed by atoms with van der Waals surface area (Å²) in [5.74, 6) is 0.612. The fourth-order valence-electron chi connectivity index (χ4n) is 3.48. The van der Waals surface area contributed by atoms with Gasteiger partial charge in [0.25, 0.3) is 0 Å². The molecule has 8 heteroatoms. The number of piperidine rings is 1. The molecule has 1 atom stereocenters. The first-order valence-electron chi connectivity index (χ1n) is 10.4. The molecule has 5 nitrogen and oxygen atoms in total. The molecule has 2 fully saturated rings. The molecule has 168 valence electrons. The van der Waals surface area contributed by atoms with Crippen LogP contribution in [0.4, 0.5) is 18.9 Å². The van der Waals surface area contributed by atoms with Crippen molar-refractivity contribution in [2.45, 2.75) is 44.4 Å². The summed E-state index contributed by atoms with van der Waals surface area (Å²) in [5.41, 5.74) is 1.84. The zero-order valence-corrected chi connectivity index (χ0v) is 17.4. The molecule has 4 rings (SSSR count). The Hall–Kier alpha value is -2.45. The Morgan fingerprint density at radius 1 is 1.00 bits per heavy atom. The van der Waals surface area contributed by atoms with E-state index < -0.39 is 6.36 Å². The molecule has 0 aromatic heterocycles. The fraction of sp³-hybridized carbons (Fsp3) is 0.478. The van der Waals surface area contributed by atoms with Crippen molar-refractivity contribution < 1.29 is 32.1 Å². The Labute approximate surface area is 179 Å². The van der Waals surface area contributed by atoms with Gasteiger partial charge in [-0.3, -0.25) is 0 Å². The third kappa shape index (κ3) is 6.51. The molecule has 0 N–H and O–H groups in total. The number of hydrogen-bond donors (Lipinski definition) is 0. The summed E-state index contributed by atoms with van der Waals surface area (Å²) in [7, 11) is 0. The van der Waals surface area contributed by atoms with Crippen LogP contribution >= 0.6 is 0 Å². The van der Waals surface area contributed by atoms with Gasteiger partial charge in [0.2, 0.25) is 0 Å². The van der Waals surface area contributed by atoms with Crippen molar-refractivity contribution in [2.24, 2.45) is 0 Å². The van der Waals surface area contributed by atoms with Crippen molar-refractivity contribution in [3.63, 3.8) is 0 Å².